The zero-order chi connectivity index (χ0) is 19.8. The van der Waals surface area contributed by atoms with Crippen molar-refractivity contribution in [2.45, 2.75) is 13.5 Å². The molecule has 1 heterocycles. The van der Waals surface area contributed by atoms with Gasteiger partial charge in [-0.15, -0.1) is 0 Å². The van der Waals surface area contributed by atoms with Crippen molar-refractivity contribution in [2.75, 3.05) is 19.0 Å². The van der Waals surface area contributed by atoms with Crippen molar-refractivity contribution in [1.82, 2.24) is 15.3 Å². The zero-order valence-corrected chi connectivity index (χ0v) is 15.8. The number of aromatic nitrogens is 2. The largest absolute Gasteiger partial charge is 0.497 e. The van der Waals surface area contributed by atoms with Crippen LogP contribution in [0.1, 0.15) is 12.6 Å². The van der Waals surface area contributed by atoms with E-state index in [1.807, 2.05) is 55.5 Å². The van der Waals surface area contributed by atoms with E-state index in [1.54, 1.807) is 13.2 Å². The molecule has 0 unspecified atom stereocenters. The Morgan fingerprint density at radius 2 is 1.86 bits per heavy atom. The number of ether oxygens (including phenoxy) is 2. The summed E-state index contributed by atoms with van der Waals surface area (Å²) in [6, 6.07) is 16.4. The summed E-state index contributed by atoms with van der Waals surface area (Å²) in [4.78, 5) is 20.7. The van der Waals surface area contributed by atoms with Crippen LogP contribution in [-0.2, 0) is 6.54 Å². The number of hydrogen-bond acceptors (Lipinski definition) is 5. The molecule has 7 nitrogen and oxygen atoms in total. The fraction of sp³-hybridized carbons (Fsp3) is 0.190. The summed E-state index contributed by atoms with van der Waals surface area (Å²) in [6.45, 7) is 2.69. The maximum atomic E-state index is 12.2. The Balaban J connectivity index is 1.62. The highest BCUT2D eigenvalue weighted by Crippen LogP contribution is 2.23. The third kappa shape index (κ3) is 4.97. The van der Waals surface area contributed by atoms with Crippen molar-refractivity contribution in [2.24, 2.45) is 0 Å². The Kier molecular flexibility index (Phi) is 6.41. The molecule has 0 bridgehead atoms. The average molecular weight is 378 g/mol. The van der Waals surface area contributed by atoms with Gasteiger partial charge in [-0.3, -0.25) is 0 Å². The third-order valence-corrected chi connectivity index (χ3v) is 3.97. The van der Waals surface area contributed by atoms with Gasteiger partial charge in [-0.2, -0.15) is 0 Å². The van der Waals surface area contributed by atoms with Crippen molar-refractivity contribution in [3.63, 3.8) is 0 Å². The Bertz CT molecular complexity index is 929. The van der Waals surface area contributed by atoms with E-state index in [1.165, 1.54) is 6.33 Å². The fourth-order valence-corrected chi connectivity index (χ4v) is 2.60. The smallest absolute Gasteiger partial charge is 0.319 e. The normalized spacial score (nSPS) is 10.2. The molecule has 0 aliphatic heterocycles. The molecule has 1 aromatic heterocycles. The minimum Gasteiger partial charge on any atom is -0.497 e. The van der Waals surface area contributed by atoms with Crippen LogP contribution in [0.3, 0.4) is 0 Å². The van der Waals surface area contributed by atoms with Crippen LogP contribution in [0.15, 0.2) is 60.9 Å². The molecule has 0 atom stereocenters. The van der Waals surface area contributed by atoms with Gasteiger partial charge >= 0.3 is 6.03 Å². The lowest BCUT2D eigenvalue weighted by Gasteiger charge is -2.12. The SMILES string of the molecule is CCOc1ccccc1NC(=O)NCc1cc(-c2ccc(OC)cc2)ncn1. The third-order valence-electron chi connectivity index (χ3n) is 3.97. The van der Waals surface area contributed by atoms with Gasteiger partial charge in [-0.05, 0) is 49.4 Å². The Labute approximate surface area is 163 Å². The number of rotatable bonds is 7. The standard InChI is InChI=1S/C21H22N4O3/c1-3-28-20-7-5-4-6-18(20)25-21(26)22-13-16-12-19(24-14-23-16)15-8-10-17(27-2)11-9-15/h4-12,14H,3,13H2,1-2H3,(H2,22,25,26). The number of nitrogens with zero attached hydrogens (tertiary/aromatic N) is 2. The quantitative estimate of drug-likeness (QED) is 0.652. The molecule has 0 radical (unpaired) electrons. The molecule has 7 heteroatoms. The van der Waals surface area contributed by atoms with Crippen LogP contribution in [0.5, 0.6) is 11.5 Å². The number of benzene rings is 2. The molecule has 144 valence electrons. The number of carbonyl (C=O) groups excluding carboxylic acids is 1. The van der Waals surface area contributed by atoms with Gasteiger partial charge in [0.25, 0.3) is 0 Å². The van der Waals surface area contributed by atoms with E-state index in [2.05, 4.69) is 20.6 Å². The second-order valence-electron chi connectivity index (χ2n) is 5.86. The summed E-state index contributed by atoms with van der Waals surface area (Å²) in [5.74, 6) is 1.41. The number of nitrogens with one attached hydrogen (secondary N) is 2. The zero-order valence-electron chi connectivity index (χ0n) is 15.8. The van der Waals surface area contributed by atoms with Crippen LogP contribution >= 0.6 is 0 Å². The van der Waals surface area contributed by atoms with E-state index < -0.39 is 0 Å². The molecule has 0 fully saturated rings. The summed E-state index contributed by atoms with van der Waals surface area (Å²) >= 11 is 0. The first-order chi connectivity index (χ1) is 13.7. The summed E-state index contributed by atoms with van der Waals surface area (Å²) < 4.78 is 10.7. The monoisotopic (exact) mass is 378 g/mol. The fourth-order valence-electron chi connectivity index (χ4n) is 2.60. The molecule has 0 spiro atoms. The van der Waals surface area contributed by atoms with Gasteiger partial charge in [-0.1, -0.05) is 12.1 Å². The maximum Gasteiger partial charge on any atom is 0.319 e. The van der Waals surface area contributed by atoms with Gasteiger partial charge in [0, 0.05) is 5.56 Å². The van der Waals surface area contributed by atoms with Crippen LogP contribution in [0, 0.1) is 0 Å². The molecule has 0 aliphatic carbocycles. The lowest BCUT2D eigenvalue weighted by atomic mass is 10.1. The molecule has 3 rings (SSSR count). The highest BCUT2D eigenvalue weighted by Gasteiger charge is 2.08. The first kappa shape index (κ1) is 19.2. The van der Waals surface area contributed by atoms with E-state index in [0.29, 0.717) is 23.7 Å². The van der Waals surface area contributed by atoms with Crippen LogP contribution in [0.25, 0.3) is 11.3 Å². The van der Waals surface area contributed by atoms with Crippen LogP contribution in [0.4, 0.5) is 10.5 Å². The van der Waals surface area contributed by atoms with Gasteiger partial charge in [0.2, 0.25) is 0 Å². The molecule has 28 heavy (non-hydrogen) atoms. The van der Waals surface area contributed by atoms with Crippen LogP contribution in [-0.4, -0.2) is 29.7 Å². The first-order valence-corrected chi connectivity index (χ1v) is 8.91. The molecule has 2 N–H and O–H groups in total. The first-order valence-electron chi connectivity index (χ1n) is 8.91. The number of carbonyl (C=O) groups is 1. The summed E-state index contributed by atoms with van der Waals surface area (Å²) in [5.41, 5.74) is 3.04. The van der Waals surface area contributed by atoms with Crippen molar-refractivity contribution in [3.8, 4) is 22.8 Å². The molecule has 0 aliphatic rings. The molecule has 0 saturated heterocycles. The second-order valence-corrected chi connectivity index (χ2v) is 5.86. The number of amides is 2. The molecular formula is C21H22N4O3. The lowest BCUT2D eigenvalue weighted by molar-refractivity contribution is 0.251. The van der Waals surface area contributed by atoms with Gasteiger partial charge in [0.05, 0.1) is 37.3 Å². The average Bonchev–Trinajstić information content (AvgIpc) is 2.74. The Hall–Kier alpha value is -3.61. The van der Waals surface area contributed by atoms with Gasteiger partial charge in [-0.25, -0.2) is 14.8 Å². The van der Waals surface area contributed by atoms with E-state index in [0.717, 1.165) is 17.0 Å². The second kappa shape index (κ2) is 9.36. The van der Waals surface area contributed by atoms with Gasteiger partial charge in [0.1, 0.15) is 17.8 Å². The van der Waals surface area contributed by atoms with E-state index >= 15 is 0 Å². The summed E-state index contributed by atoms with van der Waals surface area (Å²) in [5, 5.41) is 5.59. The number of hydrogen-bond donors (Lipinski definition) is 2. The molecule has 2 amide bonds. The summed E-state index contributed by atoms with van der Waals surface area (Å²) in [7, 11) is 1.63. The minimum atomic E-state index is -0.336. The Morgan fingerprint density at radius 3 is 2.61 bits per heavy atom. The number of methoxy groups -OCH3 is 1. The van der Waals surface area contributed by atoms with Gasteiger partial charge < -0.3 is 20.1 Å². The highest BCUT2D eigenvalue weighted by molar-refractivity contribution is 5.90. The lowest BCUT2D eigenvalue weighted by Crippen LogP contribution is -2.28. The molecular weight excluding hydrogens is 356 g/mol. The van der Waals surface area contributed by atoms with Crippen molar-refractivity contribution in [3.05, 3.63) is 66.6 Å². The predicted molar refractivity (Wildman–Crippen MR) is 107 cm³/mol. The maximum absolute atomic E-state index is 12.2. The number of anilines is 1. The minimum absolute atomic E-state index is 0.272. The molecule has 2 aromatic carbocycles. The van der Waals surface area contributed by atoms with Crippen molar-refractivity contribution < 1.29 is 14.3 Å². The van der Waals surface area contributed by atoms with Crippen LogP contribution < -0.4 is 20.1 Å². The highest BCUT2D eigenvalue weighted by atomic mass is 16.5. The van der Waals surface area contributed by atoms with Crippen molar-refractivity contribution >= 4 is 11.7 Å². The van der Waals surface area contributed by atoms with E-state index in [9.17, 15) is 4.79 Å². The number of urea groups is 1. The molecule has 0 saturated carbocycles. The van der Waals surface area contributed by atoms with E-state index in [-0.39, 0.29) is 12.6 Å². The van der Waals surface area contributed by atoms with Crippen LogP contribution in [0.2, 0.25) is 0 Å². The molecule has 3 aromatic rings. The predicted octanol–water partition coefficient (Wildman–Crippen LogP) is 3.87. The van der Waals surface area contributed by atoms with Gasteiger partial charge in [0.15, 0.2) is 0 Å². The topological polar surface area (TPSA) is 85.4 Å². The number of para-hydroxylation sites is 2. The van der Waals surface area contributed by atoms with E-state index in [4.69, 9.17) is 9.47 Å². The Morgan fingerprint density at radius 1 is 1.07 bits per heavy atom. The van der Waals surface area contributed by atoms with Crippen molar-refractivity contribution in [1.29, 1.82) is 0 Å². The summed E-state index contributed by atoms with van der Waals surface area (Å²) in [6.07, 6.45) is 1.48.